The van der Waals surface area contributed by atoms with Gasteiger partial charge in [0.2, 0.25) is 5.91 Å². The van der Waals surface area contributed by atoms with Crippen LogP contribution in [0.25, 0.3) is 0 Å². The van der Waals surface area contributed by atoms with Gasteiger partial charge in [-0.3, -0.25) is 4.79 Å². The van der Waals surface area contributed by atoms with Gasteiger partial charge < -0.3 is 20.7 Å². The molecule has 0 aromatic heterocycles. The van der Waals surface area contributed by atoms with Crippen LogP contribution < -0.4 is 20.7 Å². The summed E-state index contributed by atoms with van der Waals surface area (Å²) in [6.45, 7) is 1.09. The molecule has 3 rings (SSSR count). The number of fused-ring (bicyclic) bond motifs is 1. The van der Waals surface area contributed by atoms with Crippen LogP contribution in [-0.2, 0) is 11.2 Å². The number of hydrogen-bond donors (Lipinski definition) is 2. The number of carbonyl (C=O) groups excluding carboxylic acids is 1. The minimum Gasteiger partial charge on any atom is -0.495 e. The molecule has 0 spiro atoms. The van der Waals surface area contributed by atoms with E-state index >= 15 is 0 Å². The first-order valence-corrected chi connectivity index (χ1v) is 8.22. The standard InChI is InChI=1S/C18H20ClN3O2.ClH/c1-24-17-8-7-12(19)10-15(17)21-18(23)11-22-9-3-4-13-14(20)5-2-6-16(13)22;/h2,5-8,10H,3-4,9,11,20H2,1H3,(H,21,23);1H. The van der Waals surface area contributed by atoms with Crippen LogP contribution in [0.5, 0.6) is 5.75 Å². The van der Waals surface area contributed by atoms with Crippen LogP contribution in [0.1, 0.15) is 12.0 Å². The van der Waals surface area contributed by atoms with Crippen LogP contribution >= 0.6 is 24.0 Å². The van der Waals surface area contributed by atoms with Gasteiger partial charge in [0.1, 0.15) is 5.75 Å². The molecule has 25 heavy (non-hydrogen) atoms. The molecule has 5 nitrogen and oxygen atoms in total. The van der Waals surface area contributed by atoms with E-state index in [-0.39, 0.29) is 24.9 Å². The Morgan fingerprint density at radius 2 is 2.16 bits per heavy atom. The van der Waals surface area contributed by atoms with E-state index < -0.39 is 0 Å². The molecule has 0 aliphatic carbocycles. The number of rotatable bonds is 4. The summed E-state index contributed by atoms with van der Waals surface area (Å²) in [4.78, 5) is 14.5. The third kappa shape index (κ3) is 4.30. The third-order valence-electron chi connectivity index (χ3n) is 4.15. The quantitative estimate of drug-likeness (QED) is 0.791. The smallest absolute Gasteiger partial charge is 0.243 e. The molecule has 3 N–H and O–H groups in total. The first-order chi connectivity index (χ1) is 11.6. The van der Waals surface area contributed by atoms with Gasteiger partial charge in [0.25, 0.3) is 0 Å². The summed E-state index contributed by atoms with van der Waals surface area (Å²) in [6, 6.07) is 11.0. The lowest BCUT2D eigenvalue weighted by Crippen LogP contribution is -2.37. The second kappa shape index (κ2) is 8.32. The number of amides is 1. The third-order valence-corrected chi connectivity index (χ3v) is 4.39. The predicted molar refractivity (Wildman–Crippen MR) is 105 cm³/mol. The number of methoxy groups -OCH3 is 1. The highest BCUT2D eigenvalue weighted by atomic mass is 35.5. The highest BCUT2D eigenvalue weighted by Crippen LogP contribution is 2.31. The molecule has 1 heterocycles. The Hall–Kier alpha value is -2.11. The van der Waals surface area contributed by atoms with E-state index in [4.69, 9.17) is 22.1 Å². The first-order valence-electron chi connectivity index (χ1n) is 7.84. The van der Waals surface area contributed by atoms with Gasteiger partial charge in [-0.05, 0) is 48.7 Å². The van der Waals surface area contributed by atoms with E-state index in [0.29, 0.717) is 16.5 Å². The minimum absolute atomic E-state index is 0. The van der Waals surface area contributed by atoms with Crippen molar-refractivity contribution in [3.63, 3.8) is 0 Å². The topological polar surface area (TPSA) is 67.6 Å². The summed E-state index contributed by atoms with van der Waals surface area (Å²) in [5, 5.41) is 3.42. The number of nitrogens with two attached hydrogens (primary N) is 1. The second-order valence-corrected chi connectivity index (χ2v) is 6.20. The molecule has 0 bridgehead atoms. The predicted octanol–water partition coefficient (Wildman–Crippen LogP) is 3.74. The molecule has 2 aromatic carbocycles. The van der Waals surface area contributed by atoms with E-state index in [1.165, 1.54) is 0 Å². The second-order valence-electron chi connectivity index (χ2n) is 5.76. The fourth-order valence-corrected chi connectivity index (χ4v) is 3.21. The number of nitrogens with one attached hydrogen (secondary N) is 1. The summed E-state index contributed by atoms with van der Waals surface area (Å²) in [5.74, 6) is 0.460. The number of anilines is 3. The molecule has 2 aromatic rings. The van der Waals surface area contributed by atoms with E-state index in [2.05, 4.69) is 10.2 Å². The number of carbonyl (C=O) groups is 1. The van der Waals surface area contributed by atoms with Gasteiger partial charge in [0.05, 0.1) is 19.3 Å². The molecule has 0 saturated carbocycles. The van der Waals surface area contributed by atoms with Gasteiger partial charge in [-0.1, -0.05) is 17.7 Å². The van der Waals surface area contributed by atoms with Gasteiger partial charge in [-0.25, -0.2) is 0 Å². The van der Waals surface area contributed by atoms with Crippen molar-refractivity contribution < 1.29 is 9.53 Å². The van der Waals surface area contributed by atoms with Crippen LogP contribution in [0, 0.1) is 0 Å². The molecule has 0 radical (unpaired) electrons. The van der Waals surface area contributed by atoms with Crippen LogP contribution in [0.15, 0.2) is 36.4 Å². The zero-order valence-electron chi connectivity index (χ0n) is 13.9. The number of hydrogen-bond acceptors (Lipinski definition) is 4. The molecule has 1 amide bonds. The molecular formula is C18H21Cl2N3O2. The van der Waals surface area contributed by atoms with E-state index in [0.717, 1.165) is 36.3 Å². The van der Waals surface area contributed by atoms with Crippen LogP contribution in [0.3, 0.4) is 0 Å². The van der Waals surface area contributed by atoms with Gasteiger partial charge in [-0.2, -0.15) is 0 Å². The van der Waals surface area contributed by atoms with Crippen LogP contribution in [-0.4, -0.2) is 26.1 Å². The lowest BCUT2D eigenvalue weighted by Gasteiger charge is -2.31. The monoisotopic (exact) mass is 381 g/mol. The lowest BCUT2D eigenvalue weighted by atomic mass is 10.00. The van der Waals surface area contributed by atoms with Crippen LogP contribution in [0.4, 0.5) is 17.1 Å². The number of ether oxygens (including phenoxy) is 1. The molecule has 7 heteroatoms. The van der Waals surface area contributed by atoms with Crippen molar-refractivity contribution in [3.8, 4) is 5.75 Å². The molecule has 0 saturated heterocycles. The fourth-order valence-electron chi connectivity index (χ4n) is 3.03. The molecule has 0 unspecified atom stereocenters. The number of benzene rings is 2. The Balaban J connectivity index is 0.00000225. The largest absolute Gasteiger partial charge is 0.495 e. The Bertz CT molecular complexity index is 768. The van der Waals surface area contributed by atoms with Crippen molar-refractivity contribution in [2.75, 3.05) is 36.1 Å². The Labute approximate surface area is 158 Å². The molecule has 0 atom stereocenters. The summed E-state index contributed by atoms with van der Waals surface area (Å²) in [7, 11) is 1.56. The summed E-state index contributed by atoms with van der Waals surface area (Å²) in [5.41, 5.74) is 9.57. The summed E-state index contributed by atoms with van der Waals surface area (Å²) < 4.78 is 5.26. The van der Waals surface area contributed by atoms with Gasteiger partial charge in [-0.15, -0.1) is 12.4 Å². The van der Waals surface area contributed by atoms with Gasteiger partial charge in [0.15, 0.2) is 0 Å². The maximum absolute atomic E-state index is 12.5. The average Bonchev–Trinajstić information content (AvgIpc) is 2.56. The summed E-state index contributed by atoms with van der Waals surface area (Å²) in [6.07, 6.45) is 1.93. The Morgan fingerprint density at radius 3 is 2.92 bits per heavy atom. The number of nitrogens with zero attached hydrogens (tertiary/aromatic N) is 1. The number of halogens is 2. The highest BCUT2D eigenvalue weighted by Gasteiger charge is 2.21. The molecule has 1 aliphatic heterocycles. The van der Waals surface area contributed by atoms with Gasteiger partial charge in [0, 0.05) is 22.9 Å². The zero-order valence-corrected chi connectivity index (χ0v) is 15.5. The van der Waals surface area contributed by atoms with Gasteiger partial charge >= 0.3 is 0 Å². The van der Waals surface area contributed by atoms with E-state index in [9.17, 15) is 4.79 Å². The normalized spacial score (nSPS) is 12.8. The van der Waals surface area contributed by atoms with Crippen molar-refractivity contribution in [2.45, 2.75) is 12.8 Å². The highest BCUT2D eigenvalue weighted by molar-refractivity contribution is 6.31. The van der Waals surface area contributed by atoms with Crippen molar-refractivity contribution in [1.82, 2.24) is 0 Å². The zero-order chi connectivity index (χ0) is 17.1. The van der Waals surface area contributed by atoms with Crippen molar-refractivity contribution >= 4 is 47.0 Å². The Morgan fingerprint density at radius 1 is 1.36 bits per heavy atom. The van der Waals surface area contributed by atoms with Crippen molar-refractivity contribution in [3.05, 3.63) is 47.0 Å². The van der Waals surface area contributed by atoms with Crippen LogP contribution in [0.2, 0.25) is 5.02 Å². The first kappa shape index (κ1) is 19.2. The van der Waals surface area contributed by atoms with Crippen molar-refractivity contribution in [2.24, 2.45) is 0 Å². The van der Waals surface area contributed by atoms with E-state index in [1.54, 1.807) is 25.3 Å². The maximum atomic E-state index is 12.5. The van der Waals surface area contributed by atoms with E-state index in [1.807, 2.05) is 18.2 Å². The SMILES string of the molecule is COc1ccc(Cl)cc1NC(=O)CN1CCCc2c(N)cccc21.Cl. The summed E-state index contributed by atoms with van der Waals surface area (Å²) >= 11 is 6.00. The maximum Gasteiger partial charge on any atom is 0.243 e. The minimum atomic E-state index is -0.120. The molecule has 134 valence electrons. The fraction of sp³-hybridized carbons (Fsp3) is 0.278. The van der Waals surface area contributed by atoms with Crippen molar-refractivity contribution in [1.29, 1.82) is 0 Å². The molecule has 1 aliphatic rings. The number of nitrogen functional groups attached to an aromatic ring is 1. The average molecular weight is 382 g/mol. The molecular weight excluding hydrogens is 361 g/mol. The Kier molecular flexibility index (Phi) is 6.39. The lowest BCUT2D eigenvalue weighted by molar-refractivity contribution is -0.115. The molecule has 0 fully saturated rings.